The van der Waals surface area contributed by atoms with Crippen LogP contribution >= 0.6 is 11.3 Å². The molecule has 3 aromatic carbocycles. The number of aromatic nitrogens is 1. The van der Waals surface area contributed by atoms with E-state index in [1.54, 1.807) is 11.3 Å². The van der Waals surface area contributed by atoms with Gasteiger partial charge in [0.2, 0.25) is 5.69 Å². The van der Waals surface area contributed by atoms with Crippen LogP contribution in [0.1, 0.15) is 10.6 Å². The maximum atomic E-state index is 2.26. The molecule has 0 aliphatic rings. The fraction of sp³-hybridized carbons (Fsp3) is 0.115. The molecule has 152 valence electrons. The molecular weight excluding hydrogens is 499 g/mol. The van der Waals surface area contributed by atoms with Gasteiger partial charge in [0.1, 0.15) is 7.05 Å². The zero-order chi connectivity index (χ0) is 20.2. The van der Waals surface area contributed by atoms with Crippen LogP contribution in [0.2, 0.25) is 0 Å². The third kappa shape index (κ3) is 4.99. The molecule has 0 amide bonds. The molecule has 0 radical (unpaired) electrons. The summed E-state index contributed by atoms with van der Waals surface area (Å²) >= 11 is 1.77. The molecule has 0 aliphatic heterocycles. The first-order valence-corrected chi connectivity index (χ1v) is 10.6. The van der Waals surface area contributed by atoms with Gasteiger partial charge in [-0.2, -0.15) is 4.57 Å². The zero-order valence-electron chi connectivity index (χ0n) is 17.4. The van der Waals surface area contributed by atoms with Crippen LogP contribution in [0.3, 0.4) is 0 Å². The number of rotatable bonds is 5. The van der Waals surface area contributed by atoms with E-state index in [0.29, 0.717) is 0 Å². The third-order valence-electron chi connectivity index (χ3n) is 5.10. The monoisotopic (exact) mass is 524 g/mol. The van der Waals surface area contributed by atoms with Crippen molar-refractivity contribution in [2.45, 2.75) is 0 Å². The molecule has 0 saturated carbocycles. The van der Waals surface area contributed by atoms with Gasteiger partial charge in [0.15, 0.2) is 0 Å². The van der Waals surface area contributed by atoms with Crippen molar-refractivity contribution in [3.8, 4) is 22.4 Å². The van der Waals surface area contributed by atoms with Crippen LogP contribution in [0.5, 0.6) is 0 Å². The second kappa shape index (κ2) is 10.0. The maximum Gasteiger partial charge on any atom is 0.261 e. The average molecular weight is 524 g/mol. The highest BCUT2D eigenvalue weighted by Gasteiger charge is 2.16. The molecule has 1 heterocycles. The molecule has 30 heavy (non-hydrogen) atoms. The minimum Gasteiger partial charge on any atom is -1.00 e. The van der Waals surface area contributed by atoms with Gasteiger partial charge >= 0.3 is 0 Å². The molecule has 0 unspecified atom stereocenters. The van der Waals surface area contributed by atoms with Crippen LogP contribution in [0.4, 0.5) is 5.69 Å². The Balaban J connectivity index is 0.00000256. The van der Waals surface area contributed by atoms with E-state index in [4.69, 9.17) is 0 Å². The van der Waals surface area contributed by atoms with Crippen LogP contribution in [-0.4, -0.2) is 14.1 Å². The first-order chi connectivity index (χ1) is 14.1. The largest absolute Gasteiger partial charge is 1.00 e. The highest BCUT2D eigenvalue weighted by Crippen LogP contribution is 2.25. The second-order valence-corrected chi connectivity index (χ2v) is 8.17. The molecule has 4 heteroatoms. The van der Waals surface area contributed by atoms with Gasteiger partial charge in [-0.15, -0.1) is 0 Å². The molecule has 0 N–H and O–H groups in total. The van der Waals surface area contributed by atoms with Crippen LogP contribution in [0.15, 0.2) is 84.2 Å². The maximum absolute atomic E-state index is 2.26. The molecule has 0 saturated heterocycles. The third-order valence-corrected chi connectivity index (χ3v) is 6.09. The first-order valence-electron chi connectivity index (χ1n) is 9.71. The Hall–Kier alpha value is -2.44. The molecule has 0 fully saturated rings. The van der Waals surface area contributed by atoms with Crippen LogP contribution < -0.4 is 33.4 Å². The summed E-state index contributed by atoms with van der Waals surface area (Å²) in [5.74, 6) is 0. The van der Waals surface area contributed by atoms with E-state index < -0.39 is 0 Å². The van der Waals surface area contributed by atoms with Gasteiger partial charge in [-0.25, -0.2) is 0 Å². The summed E-state index contributed by atoms with van der Waals surface area (Å²) in [7, 11) is 6.25. The van der Waals surface area contributed by atoms with E-state index in [2.05, 4.69) is 127 Å². The van der Waals surface area contributed by atoms with Crippen molar-refractivity contribution in [2.75, 3.05) is 19.0 Å². The van der Waals surface area contributed by atoms with Gasteiger partial charge in [0, 0.05) is 31.4 Å². The molecule has 4 aromatic rings. The highest BCUT2D eigenvalue weighted by atomic mass is 127. The molecule has 0 spiro atoms. The molecular formula is C26H25IN2S. The topological polar surface area (TPSA) is 7.12 Å². The van der Waals surface area contributed by atoms with E-state index in [-0.39, 0.29) is 24.0 Å². The lowest BCUT2D eigenvalue weighted by atomic mass is 10.0. The van der Waals surface area contributed by atoms with Crippen molar-refractivity contribution in [1.29, 1.82) is 0 Å². The van der Waals surface area contributed by atoms with E-state index in [1.807, 2.05) is 0 Å². The zero-order valence-corrected chi connectivity index (χ0v) is 20.4. The first kappa shape index (κ1) is 22.2. The Morgan fingerprint density at radius 1 is 0.733 bits per heavy atom. The standard InChI is InChI=1S/C26H25N2S.HI/c1-27(2)24-16-9-20(10-17-24)11-18-26-28(3)25(19-29-26)23-14-12-22(13-15-23)21-7-5-4-6-8-21;/h4-19H,1-3H3;1H/q+1;/p-1. The molecule has 1 aromatic heterocycles. The Labute approximate surface area is 200 Å². The molecule has 0 aliphatic carbocycles. The summed E-state index contributed by atoms with van der Waals surface area (Å²) in [6.07, 6.45) is 4.37. The number of benzene rings is 3. The summed E-state index contributed by atoms with van der Waals surface area (Å²) in [4.78, 5) is 2.11. The number of nitrogens with zero attached hydrogens (tertiary/aromatic N) is 2. The molecule has 0 atom stereocenters. The van der Waals surface area contributed by atoms with Crippen molar-refractivity contribution < 1.29 is 28.5 Å². The second-order valence-electron chi connectivity index (χ2n) is 7.28. The summed E-state index contributed by atoms with van der Waals surface area (Å²) in [6.45, 7) is 0. The van der Waals surface area contributed by atoms with Crippen LogP contribution in [0, 0.1) is 0 Å². The van der Waals surface area contributed by atoms with E-state index in [1.165, 1.54) is 38.6 Å². The summed E-state index contributed by atoms with van der Waals surface area (Å²) in [5.41, 5.74) is 7.38. The number of anilines is 1. The van der Waals surface area contributed by atoms with E-state index in [9.17, 15) is 0 Å². The average Bonchev–Trinajstić information content (AvgIpc) is 3.13. The highest BCUT2D eigenvalue weighted by molar-refractivity contribution is 7.10. The summed E-state index contributed by atoms with van der Waals surface area (Å²) in [5, 5.41) is 3.45. The SMILES string of the molecule is CN(C)c1ccc(/C=C\c2scc(-c3ccc(-c4ccccc4)cc3)[n+]2C)cc1.[I-]. The summed E-state index contributed by atoms with van der Waals surface area (Å²) in [6, 6.07) is 27.9. The Kier molecular flexibility index (Phi) is 7.45. The number of hydrogen-bond acceptors (Lipinski definition) is 2. The van der Waals surface area contributed by atoms with Gasteiger partial charge in [-0.3, -0.25) is 0 Å². The van der Waals surface area contributed by atoms with Gasteiger partial charge in [0.05, 0.1) is 5.38 Å². The molecule has 4 rings (SSSR count). The normalized spacial score (nSPS) is 10.8. The predicted molar refractivity (Wildman–Crippen MR) is 126 cm³/mol. The van der Waals surface area contributed by atoms with Gasteiger partial charge in [-0.1, -0.05) is 65.9 Å². The van der Waals surface area contributed by atoms with Crippen LogP contribution in [0.25, 0.3) is 34.5 Å². The van der Waals surface area contributed by atoms with Gasteiger partial charge < -0.3 is 28.9 Å². The minimum atomic E-state index is 0. The summed E-state index contributed by atoms with van der Waals surface area (Å²) < 4.78 is 2.26. The van der Waals surface area contributed by atoms with Crippen LogP contribution in [-0.2, 0) is 7.05 Å². The van der Waals surface area contributed by atoms with Gasteiger partial charge in [-0.05, 0) is 47.0 Å². The predicted octanol–water partition coefficient (Wildman–Crippen LogP) is 3.15. The van der Waals surface area contributed by atoms with Crippen molar-refractivity contribution >= 4 is 29.2 Å². The van der Waals surface area contributed by atoms with E-state index >= 15 is 0 Å². The smallest absolute Gasteiger partial charge is 0.261 e. The molecule has 0 bridgehead atoms. The number of hydrogen-bond donors (Lipinski definition) is 0. The molecule has 2 nitrogen and oxygen atoms in total. The van der Waals surface area contributed by atoms with Crippen molar-refractivity contribution in [1.82, 2.24) is 0 Å². The minimum absolute atomic E-state index is 0. The lowest BCUT2D eigenvalue weighted by Crippen LogP contribution is -3.00. The Morgan fingerprint density at radius 3 is 1.97 bits per heavy atom. The van der Waals surface area contributed by atoms with Crippen molar-refractivity contribution in [3.63, 3.8) is 0 Å². The van der Waals surface area contributed by atoms with Crippen molar-refractivity contribution in [3.05, 3.63) is 94.8 Å². The number of halogens is 1. The van der Waals surface area contributed by atoms with Crippen molar-refractivity contribution in [2.24, 2.45) is 7.05 Å². The van der Waals surface area contributed by atoms with Gasteiger partial charge in [0.25, 0.3) is 5.01 Å². The fourth-order valence-electron chi connectivity index (χ4n) is 3.32. The Bertz CT molecular complexity index is 1110. The number of thiazole rings is 1. The Morgan fingerprint density at radius 2 is 1.33 bits per heavy atom. The van der Waals surface area contributed by atoms with E-state index in [0.717, 1.165) is 0 Å². The lowest BCUT2D eigenvalue weighted by molar-refractivity contribution is -0.657. The lowest BCUT2D eigenvalue weighted by Gasteiger charge is -2.11. The fourth-order valence-corrected chi connectivity index (χ4v) is 4.25. The quantitative estimate of drug-likeness (QED) is 0.288.